The largest absolute Gasteiger partial charge is 0.376 e. The average molecular weight is 173 g/mol. The highest BCUT2D eigenvalue weighted by Gasteiger charge is 2.21. The lowest BCUT2D eigenvalue weighted by atomic mass is 10.3. The molecule has 1 aliphatic rings. The Morgan fingerprint density at radius 1 is 1.64 bits per heavy atom. The third-order valence-corrected chi connectivity index (χ3v) is 1.34. The standard InChI is InChI=1S/C6H7NO3S/c8-6(7-4-11)5-3-9-1-2-10-5/h5H,1-3H2. The molecule has 0 N–H and O–H groups in total. The second-order valence-electron chi connectivity index (χ2n) is 1.98. The van der Waals surface area contributed by atoms with Gasteiger partial charge in [0, 0.05) is 0 Å². The first kappa shape index (κ1) is 8.49. The number of amides is 1. The molecule has 4 nitrogen and oxygen atoms in total. The van der Waals surface area contributed by atoms with Crippen molar-refractivity contribution in [3.05, 3.63) is 0 Å². The van der Waals surface area contributed by atoms with Crippen molar-refractivity contribution in [3.63, 3.8) is 0 Å². The summed E-state index contributed by atoms with van der Waals surface area (Å²) in [5, 5.41) is 1.99. The van der Waals surface area contributed by atoms with Crippen molar-refractivity contribution in [1.82, 2.24) is 0 Å². The second kappa shape index (κ2) is 4.31. The number of hydrogen-bond donors (Lipinski definition) is 0. The Balaban J connectivity index is 2.44. The summed E-state index contributed by atoms with van der Waals surface area (Å²) < 4.78 is 10.0. The normalized spacial score (nSPS) is 23.8. The van der Waals surface area contributed by atoms with Crippen LogP contribution in [0.4, 0.5) is 0 Å². The molecule has 0 bridgehead atoms. The Morgan fingerprint density at radius 2 is 2.45 bits per heavy atom. The van der Waals surface area contributed by atoms with E-state index in [0.29, 0.717) is 13.2 Å². The SMILES string of the molecule is O=C(N=C=S)C1COCCO1. The lowest BCUT2D eigenvalue weighted by Crippen LogP contribution is -2.34. The van der Waals surface area contributed by atoms with Crippen LogP contribution in [0, 0.1) is 0 Å². The zero-order chi connectivity index (χ0) is 8.10. The molecule has 1 saturated heterocycles. The Bertz CT molecular complexity index is 194. The van der Waals surface area contributed by atoms with Gasteiger partial charge in [-0.05, 0) is 12.2 Å². The van der Waals surface area contributed by atoms with Crippen LogP contribution in [0.3, 0.4) is 0 Å². The number of ether oxygens (including phenoxy) is 2. The maximum atomic E-state index is 10.9. The molecule has 0 spiro atoms. The van der Waals surface area contributed by atoms with Crippen LogP contribution >= 0.6 is 12.2 Å². The molecule has 0 aromatic carbocycles. The smallest absolute Gasteiger partial charge is 0.286 e. The molecule has 60 valence electrons. The van der Waals surface area contributed by atoms with Gasteiger partial charge in [0.1, 0.15) is 0 Å². The third kappa shape index (κ3) is 2.48. The van der Waals surface area contributed by atoms with E-state index < -0.39 is 12.0 Å². The van der Waals surface area contributed by atoms with Crippen LogP contribution in [0.1, 0.15) is 0 Å². The van der Waals surface area contributed by atoms with Crippen molar-refractivity contribution in [1.29, 1.82) is 0 Å². The lowest BCUT2D eigenvalue weighted by Gasteiger charge is -2.19. The summed E-state index contributed by atoms with van der Waals surface area (Å²) in [7, 11) is 0. The topological polar surface area (TPSA) is 47.9 Å². The summed E-state index contributed by atoms with van der Waals surface area (Å²) in [5.41, 5.74) is 0. The van der Waals surface area contributed by atoms with Crippen molar-refractivity contribution in [2.75, 3.05) is 19.8 Å². The van der Waals surface area contributed by atoms with E-state index in [1.54, 1.807) is 0 Å². The predicted molar refractivity (Wildman–Crippen MR) is 40.6 cm³/mol. The molecule has 1 aliphatic heterocycles. The quantitative estimate of drug-likeness (QED) is 0.414. The van der Waals surface area contributed by atoms with E-state index in [1.165, 1.54) is 0 Å². The summed E-state index contributed by atoms with van der Waals surface area (Å²) >= 11 is 4.26. The van der Waals surface area contributed by atoms with Gasteiger partial charge in [-0.2, -0.15) is 4.99 Å². The van der Waals surface area contributed by atoms with E-state index in [2.05, 4.69) is 17.2 Å². The molecular weight excluding hydrogens is 166 g/mol. The number of isothiocyanates is 1. The Labute approximate surface area is 69.2 Å². The third-order valence-electron chi connectivity index (χ3n) is 1.25. The van der Waals surface area contributed by atoms with E-state index in [0.717, 1.165) is 0 Å². The summed E-state index contributed by atoms with van der Waals surface area (Å²) in [6, 6.07) is 0. The second-order valence-corrected chi connectivity index (χ2v) is 2.16. The van der Waals surface area contributed by atoms with Crippen LogP contribution in [-0.2, 0) is 14.3 Å². The number of rotatable bonds is 1. The van der Waals surface area contributed by atoms with Gasteiger partial charge in [-0.3, -0.25) is 4.79 Å². The van der Waals surface area contributed by atoms with Crippen molar-refractivity contribution in [2.45, 2.75) is 6.10 Å². The van der Waals surface area contributed by atoms with Crippen molar-refractivity contribution in [3.8, 4) is 0 Å². The van der Waals surface area contributed by atoms with E-state index in [-0.39, 0.29) is 6.61 Å². The van der Waals surface area contributed by atoms with E-state index in [4.69, 9.17) is 9.47 Å². The number of carbonyl (C=O) groups is 1. The zero-order valence-corrected chi connectivity index (χ0v) is 6.60. The molecule has 0 aromatic rings. The minimum atomic E-state index is -0.584. The number of carbonyl (C=O) groups excluding carboxylic acids is 1. The molecule has 1 atom stereocenters. The van der Waals surface area contributed by atoms with Gasteiger partial charge in [0.15, 0.2) is 6.10 Å². The average Bonchev–Trinajstić information content (AvgIpc) is 2.07. The molecule has 0 saturated carbocycles. The molecule has 0 aromatic heterocycles. The van der Waals surface area contributed by atoms with Gasteiger partial charge in [-0.1, -0.05) is 0 Å². The molecular formula is C6H7NO3S. The summed E-state index contributed by atoms with van der Waals surface area (Å²) in [4.78, 5) is 14.2. The van der Waals surface area contributed by atoms with Gasteiger partial charge in [0.2, 0.25) is 0 Å². The fourth-order valence-corrected chi connectivity index (χ4v) is 0.837. The molecule has 1 amide bonds. The number of aliphatic imine (C=N–C) groups is 1. The van der Waals surface area contributed by atoms with Crippen LogP contribution in [0.5, 0.6) is 0 Å². The molecule has 1 heterocycles. The van der Waals surface area contributed by atoms with Crippen LogP contribution in [-0.4, -0.2) is 37.0 Å². The Morgan fingerprint density at radius 3 is 3.00 bits per heavy atom. The van der Waals surface area contributed by atoms with Crippen LogP contribution in [0.25, 0.3) is 0 Å². The first-order valence-corrected chi connectivity index (χ1v) is 3.56. The first-order chi connectivity index (χ1) is 5.34. The van der Waals surface area contributed by atoms with Crippen molar-refractivity contribution in [2.24, 2.45) is 4.99 Å². The van der Waals surface area contributed by atoms with E-state index >= 15 is 0 Å². The molecule has 1 fully saturated rings. The molecule has 0 radical (unpaired) electrons. The van der Waals surface area contributed by atoms with E-state index in [1.807, 2.05) is 5.16 Å². The fourth-order valence-electron chi connectivity index (χ4n) is 0.747. The van der Waals surface area contributed by atoms with Gasteiger partial charge in [0.05, 0.1) is 25.0 Å². The number of hydrogen-bond acceptors (Lipinski definition) is 4. The van der Waals surface area contributed by atoms with Crippen molar-refractivity contribution >= 4 is 23.3 Å². The summed E-state index contributed by atoms with van der Waals surface area (Å²) in [6.45, 7) is 1.23. The summed E-state index contributed by atoms with van der Waals surface area (Å²) in [5.74, 6) is -0.417. The van der Waals surface area contributed by atoms with Crippen LogP contribution < -0.4 is 0 Å². The highest BCUT2D eigenvalue weighted by Crippen LogP contribution is 2.01. The molecule has 1 rings (SSSR count). The van der Waals surface area contributed by atoms with Gasteiger partial charge in [-0.15, -0.1) is 0 Å². The molecule has 5 heteroatoms. The minimum Gasteiger partial charge on any atom is -0.376 e. The molecule has 1 unspecified atom stereocenters. The van der Waals surface area contributed by atoms with Crippen LogP contribution in [0.15, 0.2) is 4.99 Å². The number of nitrogens with zero attached hydrogens (tertiary/aromatic N) is 1. The van der Waals surface area contributed by atoms with Gasteiger partial charge in [0.25, 0.3) is 5.91 Å². The molecule has 11 heavy (non-hydrogen) atoms. The fraction of sp³-hybridized carbons (Fsp3) is 0.667. The predicted octanol–water partition coefficient (Wildman–Crippen LogP) is 0.0312. The van der Waals surface area contributed by atoms with Crippen LogP contribution in [0.2, 0.25) is 0 Å². The van der Waals surface area contributed by atoms with Gasteiger partial charge >= 0.3 is 0 Å². The summed E-state index contributed by atoms with van der Waals surface area (Å²) in [6.07, 6.45) is -0.584. The maximum absolute atomic E-state index is 10.9. The minimum absolute atomic E-state index is 0.263. The Hall–Kier alpha value is -0.610. The van der Waals surface area contributed by atoms with E-state index in [9.17, 15) is 4.79 Å². The zero-order valence-electron chi connectivity index (χ0n) is 5.78. The lowest BCUT2D eigenvalue weighted by molar-refractivity contribution is -0.143. The highest BCUT2D eigenvalue weighted by atomic mass is 32.1. The monoisotopic (exact) mass is 173 g/mol. The van der Waals surface area contributed by atoms with Gasteiger partial charge < -0.3 is 9.47 Å². The maximum Gasteiger partial charge on any atom is 0.286 e. The number of thiocarbonyl (C=S) groups is 1. The highest BCUT2D eigenvalue weighted by molar-refractivity contribution is 7.78. The van der Waals surface area contributed by atoms with Crippen molar-refractivity contribution < 1.29 is 14.3 Å². The molecule has 0 aliphatic carbocycles. The van der Waals surface area contributed by atoms with Gasteiger partial charge in [-0.25, -0.2) is 0 Å². The first-order valence-electron chi connectivity index (χ1n) is 3.15. The Kier molecular flexibility index (Phi) is 3.32.